The molecule has 1 N–H and O–H groups in total. The zero-order valence-corrected chi connectivity index (χ0v) is 18.5. The predicted octanol–water partition coefficient (Wildman–Crippen LogP) is 3.71. The van der Waals surface area contributed by atoms with Crippen LogP contribution >= 0.6 is 0 Å². The molecule has 0 atom stereocenters. The van der Waals surface area contributed by atoms with Crippen molar-refractivity contribution in [2.45, 2.75) is 45.3 Å². The molecule has 4 aromatic rings. The lowest BCUT2D eigenvalue weighted by Gasteiger charge is -2.34. The first kappa shape index (κ1) is 22.2. The van der Waals surface area contributed by atoms with Crippen LogP contribution in [0.15, 0.2) is 45.9 Å². The number of benzene rings is 1. The molecule has 5 rings (SSSR count). The molecule has 0 radical (unpaired) electrons. The molecule has 1 aliphatic rings. The first-order chi connectivity index (χ1) is 16.1. The molecule has 4 heterocycles. The number of aromatic amines is 1. The van der Waals surface area contributed by atoms with Gasteiger partial charge in [0, 0.05) is 37.5 Å². The maximum Gasteiger partial charge on any atom is 0.422 e. The van der Waals surface area contributed by atoms with Crippen molar-refractivity contribution >= 4 is 11.1 Å². The van der Waals surface area contributed by atoms with Crippen LogP contribution in [0.1, 0.15) is 43.6 Å². The molecule has 0 aliphatic carbocycles. The molecule has 0 bridgehead atoms. The molecule has 3 aromatic heterocycles. The first-order valence-corrected chi connectivity index (χ1v) is 10.7. The number of hydrogen-bond acceptors (Lipinski definition) is 2. The molecule has 176 valence electrons. The molecule has 10 heteroatoms. The smallest absolute Gasteiger partial charge is 0.382 e. The van der Waals surface area contributed by atoms with Crippen LogP contribution in [0.2, 0.25) is 0 Å². The zero-order valence-electron chi connectivity index (χ0n) is 18.5. The Hall–Kier alpha value is -3.56. The normalized spacial score (nSPS) is 16.6. The van der Waals surface area contributed by atoms with Gasteiger partial charge in [0.15, 0.2) is 12.0 Å². The lowest BCUT2D eigenvalue weighted by Crippen LogP contribution is -2.61. The highest BCUT2D eigenvalue weighted by molar-refractivity contribution is 5.84. The minimum Gasteiger partial charge on any atom is -0.382 e. The van der Waals surface area contributed by atoms with Crippen LogP contribution in [0.4, 0.5) is 22.0 Å². The Balaban J connectivity index is 2.11. The van der Waals surface area contributed by atoms with E-state index >= 15 is 4.39 Å². The standard InChI is InChI=1S/C24H19F5N3O2/c1-4-23(5-2)18(21-32-12(3)30-11-16(32)22(33)34-21)13-10-14(25)19(24(27,28)29)20(26)17(13)15-8-6-7-9-31(15)23/h6-11H,4-5H2,1-3H3/q+1/p+1. The molecule has 34 heavy (non-hydrogen) atoms. The molecule has 0 fully saturated rings. The molecule has 0 amide bonds. The number of aryl methyl sites for hydroxylation is 1. The van der Waals surface area contributed by atoms with Crippen molar-refractivity contribution in [3.63, 3.8) is 0 Å². The summed E-state index contributed by atoms with van der Waals surface area (Å²) in [6.07, 6.45) is -1.33. The third-order valence-electron chi connectivity index (χ3n) is 6.79. The van der Waals surface area contributed by atoms with E-state index in [0.29, 0.717) is 24.7 Å². The third kappa shape index (κ3) is 2.74. The molecule has 1 aromatic carbocycles. The van der Waals surface area contributed by atoms with Gasteiger partial charge < -0.3 is 4.42 Å². The van der Waals surface area contributed by atoms with Gasteiger partial charge in [-0.05, 0) is 12.1 Å². The molecular weight excluding hydrogens is 457 g/mol. The first-order valence-electron chi connectivity index (χ1n) is 10.7. The van der Waals surface area contributed by atoms with Gasteiger partial charge in [-0.1, -0.05) is 13.8 Å². The number of rotatable bonds is 2. The second kappa shape index (κ2) is 7.22. The highest BCUT2D eigenvalue weighted by Crippen LogP contribution is 2.47. The van der Waals surface area contributed by atoms with Gasteiger partial charge in [-0.15, -0.1) is 0 Å². The van der Waals surface area contributed by atoms with Gasteiger partial charge in [0.1, 0.15) is 23.2 Å². The van der Waals surface area contributed by atoms with Crippen LogP contribution in [0, 0.1) is 18.6 Å². The number of hydrogen-bond donors (Lipinski definition) is 0. The summed E-state index contributed by atoms with van der Waals surface area (Å²) in [4.78, 5) is 15.5. The van der Waals surface area contributed by atoms with Crippen molar-refractivity contribution in [2.24, 2.45) is 0 Å². The summed E-state index contributed by atoms with van der Waals surface area (Å²) in [6, 6.07) is 5.47. The van der Waals surface area contributed by atoms with Gasteiger partial charge >= 0.3 is 17.3 Å². The van der Waals surface area contributed by atoms with Crippen molar-refractivity contribution in [1.29, 1.82) is 0 Å². The Bertz CT molecular complexity index is 1580. The second-order valence-corrected chi connectivity index (χ2v) is 8.33. The fourth-order valence-corrected chi connectivity index (χ4v) is 5.22. The van der Waals surface area contributed by atoms with Gasteiger partial charge in [-0.2, -0.15) is 22.1 Å². The minimum absolute atomic E-state index is 0.0178. The van der Waals surface area contributed by atoms with Gasteiger partial charge in [0.25, 0.3) is 11.3 Å². The van der Waals surface area contributed by atoms with E-state index in [0.717, 1.165) is 0 Å². The number of nitrogens with one attached hydrogen (secondary N) is 1. The summed E-state index contributed by atoms with van der Waals surface area (Å²) in [6.45, 7) is 5.41. The van der Waals surface area contributed by atoms with Crippen LogP contribution in [0.3, 0.4) is 0 Å². The van der Waals surface area contributed by atoms with E-state index in [-0.39, 0.29) is 27.9 Å². The number of imidazole rings is 1. The largest absolute Gasteiger partial charge is 0.422 e. The van der Waals surface area contributed by atoms with E-state index in [2.05, 4.69) is 4.98 Å². The molecule has 0 unspecified atom stereocenters. The Morgan fingerprint density at radius 3 is 2.53 bits per heavy atom. The lowest BCUT2D eigenvalue weighted by atomic mass is 9.74. The number of nitrogens with zero attached hydrogens (tertiary/aromatic N) is 2. The zero-order chi connectivity index (χ0) is 24.6. The summed E-state index contributed by atoms with van der Waals surface area (Å²) in [7, 11) is 0. The maximum absolute atomic E-state index is 15.6. The monoisotopic (exact) mass is 477 g/mol. The summed E-state index contributed by atoms with van der Waals surface area (Å²) in [5.41, 5.74) is -3.46. The lowest BCUT2D eigenvalue weighted by molar-refractivity contribution is -0.741. The molecule has 5 nitrogen and oxygen atoms in total. The number of halogens is 5. The van der Waals surface area contributed by atoms with E-state index in [4.69, 9.17) is 4.42 Å². The number of aromatic nitrogens is 3. The minimum atomic E-state index is -5.24. The van der Waals surface area contributed by atoms with Crippen molar-refractivity contribution in [3.05, 3.63) is 81.2 Å². The van der Waals surface area contributed by atoms with Crippen LogP contribution in [0.5, 0.6) is 0 Å². The van der Waals surface area contributed by atoms with Crippen molar-refractivity contribution in [3.8, 4) is 11.3 Å². The summed E-state index contributed by atoms with van der Waals surface area (Å²) >= 11 is 0. The fraction of sp³-hybridized carbons (Fsp3) is 0.292. The van der Waals surface area contributed by atoms with Gasteiger partial charge in [0.2, 0.25) is 11.2 Å². The number of alkyl halides is 3. The molecule has 0 saturated carbocycles. The predicted molar refractivity (Wildman–Crippen MR) is 111 cm³/mol. The highest BCUT2D eigenvalue weighted by Gasteiger charge is 2.53. The number of H-pyrrole nitrogens is 1. The van der Waals surface area contributed by atoms with E-state index in [9.17, 15) is 22.4 Å². The molecular formula is C24H20F5N3O2+2. The molecule has 1 aliphatic heterocycles. The number of pyridine rings is 1. The fourth-order valence-electron chi connectivity index (χ4n) is 5.22. The number of oxazole rings is 1. The SMILES string of the molecule is CCC1(CC)C(=c2oc(=O)c3c[nH+]c(C)n23)c2cc(F)c(C(F)(F)F)c(F)c2-c2cccc[n+]21. The Labute approximate surface area is 189 Å². The van der Waals surface area contributed by atoms with Crippen molar-refractivity contribution in [2.75, 3.05) is 0 Å². The quantitative estimate of drug-likeness (QED) is 0.327. The molecule has 0 saturated heterocycles. The van der Waals surface area contributed by atoms with Gasteiger partial charge in [-0.3, -0.25) is 0 Å². The van der Waals surface area contributed by atoms with Crippen LogP contribution < -0.4 is 20.7 Å². The summed E-state index contributed by atoms with van der Waals surface area (Å²) < 4.78 is 80.1. The van der Waals surface area contributed by atoms with Crippen LogP contribution in [0.25, 0.3) is 22.3 Å². The summed E-state index contributed by atoms with van der Waals surface area (Å²) in [5, 5.41) is 0. The number of fused-ring (bicyclic) bond motifs is 4. The highest BCUT2D eigenvalue weighted by atomic mass is 19.4. The Morgan fingerprint density at radius 2 is 1.88 bits per heavy atom. The van der Waals surface area contributed by atoms with Crippen LogP contribution in [-0.4, -0.2) is 4.40 Å². The van der Waals surface area contributed by atoms with Crippen molar-refractivity contribution in [1.82, 2.24) is 4.40 Å². The van der Waals surface area contributed by atoms with E-state index in [1.165, 1.54) is 16.7 Å². The van der Waals surface area contributed by atoms with E-state index < -0.39 is 40.1 Å². The average molecular weight is 477 g/mol. The van der Waals surface area contributed by atoms with Gasteiger partial charge in [0.05, 0.1) is 5.56 Å². The molecule has 0 spiro atoms. The average Bonchev–Trinajstić information content (AvgIpc) is 3.32. The van der Waals surface area contributed by atoms with E-state index in [1.807, 2.05) is 13.8 Å². The third-order valence-corrected chi connectivity index (χ3v) is 6.79. The Morgan fingerprint density at radius 1 is 1.18 bits per heavy atom. The topological polar surface area (TPSA) is 52.6 Å². The summed E-state index contributed by atoms with van der Waals surface area (Å²) in [5.74, 6) is -2.92. The van der Waals surface area contributed by atoms with Crippen LogP contribution in [-0.2, 0) is 11.7 Å². The van der Waals surface area contributed by atoms with Gasteiger partial charge in [-0.25, -0.2) is 18.6 Å². The second-order valence-electron chi connectivity index (χ2n) is 8.33. The van der Waals surface area contributed by atoms with E-state index in [1.54, 1.807) is 29.8 Å². The maximum atomic E-state index is 15.6. The van der Waals surface area contributed by atoms with Crippen molar-refractivity contribution < 1.29 is 35.9 Å². The Kier molecular flexibility index (Phi) is 4.72.